The van der Waals surface area contributed by atoms with Crippen LogP contribution in [0.2, 0.25) is 0 Å². The summed E-state index contributed by atoms with van der Waals surface area (Å²) < 4.78 is 40.8. The van der Waals surface area contributed by atoms with E-state index >= 15 is 0 Å². The molecule has 0 aliphatic rings. The van der Waals surface area contributed by atoms with E-state index in [1.807, 2.05) is 48.8 Å². The number of fused-ring (bicyclic) bond motifs is 1. The van der Waals surface area contributed by atoms with Crippen molar-refractivity contribution >= 4 is 17.6 Å². The molecule has 0 saturated heterocycles. The van der Waals surface area contributed by atoms with Crippen LogP contribution in [-0.4, -0.2) is 37.3 Å². The smallest absolute Gasteiger partial charge is 0.389 e. The molecule has 0 aliphatic carbocycles. The third-order valence-corrected chi connectivity index (χ3v) is 5.44. The lowest BCUT2D eigenvalue weighted by Gasteiger charge is -2.07. The number of hydrogen-bond acceptors (Lipinski definition) is 5. The molecule has 3 aromatic heterocycles. The monoisotopic (exact) mass is 483 g/mol. The number of pyridine rings is 1. The number of aromatic nitrogens is 4. The summed E-state index contributed by atoms with van der Waals surface area (Å²) in [6.45, 7) is 2.22. The first kappa shape index (κ1) is 24.2. The summed E-state index contributed by atoms with van der Waals surface area (Å²) in [5, 5.41) is 8.28. The predicted octanol–water partition coefficient (Wildman–Crippen LogP) is 5.05. The maximum Gasteiger partial charge on any atom is 0.389 e. The molecule has 1 aromatic carbocycles. The van der Waals surface area contributed by atoms with Crippen molar-refractivity contribution in [3.8, 4) is 11.3 Å². The zero-order chi connectivity index (χ0) is 25.0. The van der Waals surface area contributed by atoms with Gasteiger partial charge >= 0.3 is 6.18 Å². The summed E-state index contributed by atoms with van der Waals surface area (Å²) in [5.41, 5.74) is 5.60. The lowest BCUT2D eigenvalue weighted by molar-refractivity contribution is -0.143. The lowest BCUT2D eigenvalue weighted by atomic mass is 10.0. The van der Waals surface area contributed by atoms with Gasteiger partial charge in [-0.15, -0.1) is 0 Å². The molecule has 0 unspecified atom stereocenters. The van der Waals surface area contributed by atoms with Crippen LogP contribution in [0.4, 0.5) is 13.2 Å². The normalized spacial score (nSPS) is 12.0. The number of aryl methyl sites for hydroxylation is 2. The van der Waals surface area contributed by atoms with Crippen molar-refractivity contribution in [2.75, 3.05) is 0 Å². The lowest BCUT2D eigenvalue weighted by Crippen LogP contribution is -2.12. The summed E-state index contributed by atoms with van der Waals surface area (Å²) in [7, 11) is 1.85. The number of halogens is 3. The van der Waals surface area contributed by atoms with Gasteiger partial charge in [0.05, 0.1) is 35.9 Å². The van der Waals surface area contributed by atoms with Gasteiger partial charge in [0.1, 0.15) is 11.4 Å². The van der Waals surface area contributed by atoms with Crippen molar-refractivity contribution in [3.05, 3.63) is 77.4 Å². The molecule has 0 amide bonds. The fourth-order valence-corrected chi connectivity index (χ4v) is 3.73. The molecule has 10 heteroatoms. The van der Waals surface area contributed by atoms with Crippen LogP contribution in [0.1, 0.15) is 35.4 Å². The number of benzene rings is 1. The van der Waals surface area contributed by atoms with E-state index in [1.54, 1.807) is 35.3 Å². The fourth-order valence-electron chi connectivity index (χ4n) is 3.73. The van der Waals surface area contributed by atoms with E-state index in [4.69, 9.17) is 4.84 Å². The highest BCUT2D eigenvalue weighted by atomic mass is 19.4. The molecule has 0 aliphatic heterocycles. The molecule has 35 heavy (non-hydrogen) atoms. The number of Topliss-reactive ketones (excluding diaryl/α,β-unsaturated/α-hetero) is 1. The van der Waals surface area contributed by atoms with Crippen molar-refractivity contribution in [2.24, 2.45) is 12.2 Å². The van der Waals surface area contributed by atoms with Gasteiger partial charge in [-0.25, -0.2) is 4.98 Å². The largest absolute Gasteiger partial charge is 0.389 e. The number of oxime groups is 1. The van der Waals surface area contributed by atoms with E-state index in [-0.39, 0.29) is 6.42 Å². The van der Waals surface area contributed by atoms with Gasteiger partial charge in [-0.1, -0.05) is 23.4 Å². The first-order valence-electron chi connectivity index (χ1n) is 11.0. The Balaban J connectivity index is 1.43. The molecule has 0 atom stereocenters. The molecule has 0 saturated carbocycles. The third-order valence-electron chi connectivity index (χ3n) is 5.44. The average Bonchev–Trinajstić information content (AvgIpc) is 3.36. The number of carbonyl (C=O) groups excluding carboxylic acids is 1. The molecule has 7 nitrogen and oxygen atoms in total. The highest BCUT2D eigenvalue weighted by molar-refractivity contribution is 5.82. The van der Waals surface area contributed by atoms with Gasteiger partial charge in [-0.3, -0.25) is 13.9 Å². The van der Waals surface area contributed by atoms with Gasteiger partial charge in [0.15, 0.2) is 6.61 Å². The molecule has 0 spiro atoms. The molecular formula is C25H24F3N5O2. The number of alkyl halides is 3. The SMILES string of the molecule is Cc1cc(CON=Cc2ccn3c(-c4cccc(CC(=O)CCC(F)(F)F)c4)cnc3c2)n(C)n1. The summed E-state index contributed by atoms with van der Waals surface area (Å²) >= 11 is 0. The van der Waals surface area contributed by atoms with Gasteiger partial charge < -0.3 is 4.84 Å². The summed E-state index contributed by atoms with van der Waals surface area (Å²) in [5.74, 6) is -0.442. The molecule has 0 bridgehead atoms. The zero-order valence-corrected chi connectivity index (χ0v) is 19.3. The number of imidazole rings is 1. The maximum absolute atomic E-state index is 12.4. The molecule has 3 heterocycles. The Bertz CT molecular complexity index is 1370. The van der Waals surface area contributed by atoms with Gasteiger partial charge in [0, 0.05) is 37.2 Å². The van der Waals surface area contributed by atoms with E-state index in [0.717, 1.165) is 28.2 Å². The highest BCUT2D eigenvalue weighted by Crippen LogP contribution is 2.24. The molecule has 182 valence electrons. The first-order valence-corrected chi connectivity index (χ1v) is 11.0. The molecule has 0 N–H and O–H groups in total. The van der Waals surface area contributed by atoms with Crippen molar-refractivity contribution in [1.29, 1.82) is 0 Å². The van der Waals surface area contributed by atoms with E-state index in [2.05, 4.69) is 15.2 Å². The standard InChI is InChI=1S/C25H24F3N5O2/c1-17-10-21(32(2)31-17)16-35-30-14-19-7-9-33-23(15-29-24(33)13-19)20-5-3-4-18(11-20)12-22(34)6-8-25(26,27)28/h3-5,7,9-11,13-15H,6,8,12,16H2,1-2H3. The van der Waals surface area contributed by atoms with Crippen LogP contribution in [0, 0.1) is 6.92 Å². The quantitative estimate of drug-likeness (QED) is 0.247. The van der Waals surface area contributed by atoms with Crippen LogP contribution in [-0.2, 0) is 29.7 Å². The topological polar surface area (TPSA) is 73.8 Å². The Kier molecular flexibility index (Phi) is 6.99. The molecule has 0 radical (unpaired) electrons. The second-order valence-electron chi connectivity index (χ2n) is 8.27. The minimum absolute atomic E-state index is 0.0420. The second-order valence-corrected chi connectivity index (χ2v) is 8.27. The minimum Gasteiger partial charge on any atom is -0.389 e. The van der Waals surface area contributed by atoms with Gasteiger partial charge in [-0.05, 0) is 36.8 Å². The summed E-state index contributed by atoms with van der Waals surface area (Å²) in [4.78, 5) is 21.8. The number of ketones is 1. The number of hydrogen-bond donors (Lipinski definition) is 0. The van der Waals surface area contributed by atoms with Crippen LogP contribution >= 0.6 is 0 Å². The fraction of sp³-hybridized carbons (Fsp3) is 0.280. The van der Waals surface area contributed by atoms with E-state index in [9.17, 15) is 18.0 Å². The Morgan fingerprint density at radius 3 is 2.77 bits per heavy atom. The van der Waals surface area contributed by atoms with E-state index < -0.39 is 24.8 Å². The molecule has 4 aromatic rings. The number of rotatable bonds is 9. The van der Waals surface area contributed by atoms with Crippen molar-refractivity contribution in [1.82, 2.24) is 19.2 Å². The van der Waals surface area contributed by atoms with Crippen molar-refractivity contribution < 1.29 is 22.8 Å². The van der Waals surface area contributed by atoms with Gasteiger partial charge in [-0.2, -0.15) is 18.3 Å². The van der Waals surface area contributed by atoms with E-state index in [1.165, 1.54) is 0 Å². The summed E-state index contributed by atoms with van der Waals surface area (Å²) in [6.07, 6.45) is -0.823. The van der Waals surface area contributed by atoms with Crippen LogP contribution in [0.15, 0.2) is 60.0 Å². The van der Waals surface area contributed by atoms with Crippen LogP contribution in [0.5, 0.6) is 0 Å². The third kappa shape index (κ3) is 6.34. The summed E-state index contributed by atoms with van der Waals surface area (Å²) in [6, 6.07) is 12.8. The van der Waals surface area contributed by atoms with Crippen LogP contribution in [0.25, 0.3) is 16.9 Å². The molecule has 4 rings (SSSR count). The van der Waals surface area contributed by atoms with Crippen LogP contribution in [0.3, 0.4) is 0 Å². The molecule has 0 fully saturated rings. The van der Waals surface area contributed by atoms with Crippen molar-refractivity contribution in [3.63, 3.8) is 0 Å². The first-order chi connectivity index (χ1) is 16.7. The van der Waals surface area contributed by atoms with Crippen molar-refractivity contribution in [2.45, 2.75) is 39.0 Å². The Labute approximate surface area is 199 Å². The average molecular weight is 483 g/mol. The Morgan fingerprint density at radius 2 is 2.03 bits per heavy atom. The second kappa shape index (κ2) is 10.1. The van der Waals surface area contributed by atoms with Gasteiger partial charge in [0.25, 0.3) is 0 Å². The Morgan fingerprint density at radius 1 is 1.20 bits per heavy atom. The maximum atomic E-state index is 12.4. The molecular weight excluding hydrogens is 459 g/mol. The van der Waals surface area contributed by atoms with Gasteiger partial charge in [0.2, 0.25) is 0 Å². The number of nitrogens with zero attached hydrogens (tertiary/aromatic N) is 5. The zero-order valence-electron chi connectivity index (χ0n) is 19.3. The van der Waals surface area contributed by atoms with E-state index in [0.29, 0.717) is 17.8 Å². The number of carbonyl (C=O) groups is 1. The predicted molar refractivity (Wildman–Crippen MR) is 125 cm³/mol. The minimum atomic E-state index is -4.33. The van der Waals surface area contributed by atoms with Crippen LogP contribution < -0.4 is 0 Å². The highest BCUT2D eigenvalue weighted by Gasteiger charge is 2.27. The Hall–Kier alpha value is -3.95.